The summed E-state index contributed by atoms with van der Waals surface area (Å²) < 4.78 is 30.2. The Morgan fingerprint density at radius 1 is 1.08 bits per heavy atom. The Morgan fingerprint density at radius 3 is 2.21 bits per heavy atom. The van der Waals surface area contributed by atoms with E-state index in [1.165, 1.54) is 0 Å². The molecule has 1 amide bonds. The number of nitrogens with zero attached hydrogens (tertiary/aromatic N) is 2. The lowest BCUT2D eigenvalue weighted by Crippen LogP contribution is -2.39. The van der Waals surface area contributed by atoms with Crippen molar-refractivity contribution in [1.82, 2.24) is 14.2 Å². The van der Waals surface area contributed by atoms with Crippen molar-refractivity contribution in [3.05, 3.63) is 17.0 Å². The molecule has 2 aliphatic rings. The van der Waals surface area contributed by atoms with E-state index in [9.17, 15) is 13.2 Å². The van der Waals surface area contributed by atoms with E-state index in [2.05, 4.69) is 11.6 Å². The molecule has 1 saturated heterocycles. The van der Waals surface area contributed by atoms with Crippen LogP contribution in [0.5, 0.6) is 0 Å². The highest BCUT2D eigenvalue weighted by molar-refractivity contribution is 7.89. The molecule has 2 heterocycles. The zero-order valence-corrected chi connectivity index (χ0v) is 15.7. The summed E-state index contributed by atoms with van der Waals surface area (Å²) in [6.07, 6.45) is 3.69. The number of likely N-dealkylation sites (tertiary alicyclic amines) is 1. The van der Waals surface area contributed by atoms with E-state index in [0.29, 0.717) is 36.0 Å². The van der Waals surface area contributed by atoms with Gasteiger partial charge in [-0.15, -0.1) is 0 Å². The van der Waals surface area contributed by atoms with Crippen LogP contribution >= 0.6 is 0 Å². The molecule has 0 unspecified atom stereocenters. The molecule has 0 radical (unpaired) electrons. The summed E-state index contributed by atoms with van der Waals surface area (Å²) in [5, 5.41) is 0. The summed E-state index contributed by atoms with van der Waals surface area (Å²) in [5.41, 5.74) is 1.68. The minimum absolute atomic E-state index is 0.0219. The Bertz CT molecular complexity index is 755. The fourth-order valence-corrected chi connectivity index (χ4v) is 5.17. The van der Waals surface area contributed by atoms with Gasteiger partial charge in [-0.1, -0.05) is 6.92 Å². The van der Waals surface area contributed by atoms with E-state index < -0.39 is 10.0 Å². The number of aromatic nitrogens is 1. The van der Waals surface area contributed by atoms with Gasteiger partial charge in [0.2, 0.25) is 10.0 Å². The summed E-state index contributed by atoms with van der Waals surface area (Å²) in [6, 6.07) is 0.0219. The Labute approximate surface area is 144 Å². The lowest BCUT2D eigenvalue weighted by atomic mass is 9.98. The van der Waals surface area contributed by atoms with Crippen LogP contribution in [0.4, 0.5) is 0 Å². The van der Waals surface area contributed by atoms with Crippen molar-refractivity contribution in [3.63, 3.8) is 0 Å². The van der Waals surface area contributed by atoms with Crippen LogP contribution in [0.3, 0.4) is 0 Å². The molecule has 24 heavy (non-hydrogen) atoms. The number of carbonyl (C=O) groups excluding carboxylic acids is 1. The molecule has 1 saturated carbocycles. The highest BCUT2D eigenvalue weighted by Gasteiger charge is 2.36. The van der Waals surface area contributed by atoms with Crippen LogP contribution < -0.4 is 4.72 Å². The van der Waals surface area contributed by atoms with Crippen LogP contribution in [-0.2, 0) is 17.1 Å². The number of hydrogen-bond acceptors (Lipinski definition) is 3. The standard InChI is InChI=1S/C17H27N3O3S/c1-11-7-9-20(10-8-11)17(21)15-12(2)19(4)13(3)16(15)24(22,23)18-14-5-6-14/h11,14,18H,5-10H2,1-4H3. The molecule has 1 aliphatic heterocycles. The van der Waals surface area contributed by atoms with Crippen LogP contribution in [-0.4, -0.2) is 42.9 Å². The number of rotatable bonds is 4. The van der Waals surface area contributed by atoms with Crippen molar-refractivity contribution >= 4 is 15.9 Å². The molecule has 134 valence electrons. The zero-order chi connectivity index (χ0) is 17.6. The number of amides is 1. The third-order valence-electron chi connectivity index (χ3n) is 5.38. The van der Waals surface area contributed by atoms with Crippen molar-refractivity contribution in [1.29, 1.82) is 0 Å². The second kappa shape index (κ2) is 6.19. The number of carbonyl (C=O) groups is 1. The summed E-state index contributed by atoms with van der Waals surface area (Å²) in [6.45, 7) is 7.17. The Balaban J connectivity index is 2.00. The summed E-state index contributed by atoms with van der Waals surface area (Å²) in [7, 11) is -1.86. The second-order valence-electron chi connectivity index (χ2n) is 7.30. The normalized spacial score (nSPS) is 19.8. The van der Waals surface area contributed by atoms with Crippen molar-refractivity contribution in [2.75, 3.05) is 13.1 Å². The van der Waals surface area contributed by atoms with E-state index in [4.69, 9.17) is 0 Å². The Hall–Kier alpha value is -1.34. The second-order valence-corrected chi connectivity index (χ2v) is 8.96. The first-order chi connectivity index (χ1) is 11.2. The molecule has 2 fully saturated rings. The lowest BCUT2D eigenvalue weighted by molar-refractivity contribution is 0.0692. The maximum absolute atomic E-state index is 13.1. The number of hydrogen-bond donors (Lipinski definition) is 1. The first-order valence-corrected chi connectivity index (χ1v) is 10.2. The molecule has 3 rings (SSSR count). The first kappa shape index (κ1) is 17.5. The molecule has 0 spiro atoms. The van der Waals surface area contributed by atoms with Crippen LogP contribution in [0.25, 0.3) is 0 Å². The Morgan fingerprint density at radius 2 is 1.67 bits per heavy atom. The predicted molar refractivity (Wildman–Crippen MR) is 92.5 cm³/mol. The van der Waals surface area contributed by atoms with Gasteiger partial charge >= 0.3 is 0 Å². The highest BCUT2D eigenvalue weighted by atomic mass is 32.2. The van der Waals surface area contributed by atoms with Gasteiger partial charge < -0.3 is 9.47 Å². The van der Waals surface area contributed by atoms with Crippen molar-refractivity contribution in [2.24, 2.45) is 13.0 Å². The fourth-order valence-electron chi connectivity index (χ4n) is 3.35. The SMILES string of the molecule is Cc1c(C(=O)N2CCC(C)CC2)c(S(=O)(=O)NC2CC2)c(C)n1C. The zero-order valence-electron chi connectivity index (χ0n) is 14.9. The molecule has 1 aromatic heterocycles. The predicted octanol–water partition coefficient (Wildman–Crippen LogP) is 1.95. The van der Waals surface area contributed by atoms with Gasteiger partial charge in [0.25, 0.3) is 5.91 Å². The maximum Gasteiger partial charge on any atom is 0.257 e. The molecular weight excluding hydrogens is 326 g/mol. The van der Waals surface area contributed by atoms with E-state index in [1.54, 1.807) is 16.4 Å². The van der Waals surface area contributed by atoms with E-state index in [0.717, 1.165) is 25.7 Å². The molecule has 1 aliphatic carbocycles. The molecule has 0 aromatic carbocycles. The summed E-state index contributed by atoms with van der Waals surface area (Å²) >= 11 is 0. The maximum atomic E-state index is 13.1. The first-order valence-electron chi connectivity index (χ1n) is 8.70. The average molecular weight is 353 g/mol. The largest absolute Gasteiger partial charge is 0.350 e. The molecule has 0 atom stereocenters. The number of nitrogens with one attached hydrogen (secondary N) is 1. The minimum Gasteiger partial charge on any atom is -0.350 e. The molecule has 6 nitrogen and oxygen atoms in total. The van der Waals surface area contributed by atoms with Crippen LogP contribution in [0.15, 0.2) is 4.90 Å². The lowest BCUT2D eigenvalue weighted by Gasteiger charge is -2.30. The molecular formula is C17H27N3O3S. The average Bonchev–Trinajstić information content (AvgIpc) is 3.29. The minimum atomic E-state index is -3.67. The molecule has 0 bridgehead atoms. The summed E-state index contributed by atoms with van der Waals surface area (Å²) in [5.74, 6) is 0.465. The fraction of sp³-hybridized carbons (Fsp3) is 0.706. The van der Waals surface area contributed by atoms with Crippen molar-refractivity contribution < 1.29 is 13.2 Å². The van der Waals surface area contributed by atoms with E-state index in [-0.39, 0.29) is 16.8 Å². The third kappa shape index (κ3) is 3.11. The van der Waals surface area contributed by atoms with E-state index in [1.807, 2.05) is 14.0 Å². The van der Waals surface area contributed by atoms with Crippen LogP contribution in [0.2, 0.25) is 0 Å². The Kier molecular flexibility index (Phi) is 4.51. The van der Waals surface area contributed by atoms with Gasteiger partial charge in [0.1, 0.15) is 4.90 Å². The van der Waals surface area contributed by atoms with Gasteiger partial charge in [-0.25, -0.2) is 13.1 Å². The van der Waals surface area contributed by atoms with Gasteiger partial charge in [-0.05, 0) is 45.4 Å². The van der Waals surface area contributed by atoms with E-state index >= 15 is 0 Å². The topological polar surface area (TPSA) is 71.4 Å². The molecule has 1 aromatic rings. The van der Waals surface area contributed by atoms with Gasteiger partial charge in [0, 0.05) is 37.6 Å². The van der Waals surface area contributed by atoms with Crippen LogP contribution in [0, 0.1) is 19.8 Å². The van der Waals surface area contributed by atoms with Gasteiger partial charge in [-0.3, -0.25) is 4.79 Å². The summed E-state index contributed by atoms with van der Waals surface area (Å²) in [4.78, 5) is 15.1. The van der Waals surface area contributed by atoms with Crippen molar-refractivity contribution in [3.8, 4) is 0 Å². The van der Waals surface area contributed by atoms with Crippen molar-refractivity contribution in [2.45, 2.75) is 57.4 Å². The molecule has 1 N–H and O–H groups in total. The monoisotopic (exact) mass is 353 g/mol. The van der Waals surface area contributed by atoms with Gasteiger partial charge in [0.05, 0.1) is 5.56 Å². The van der Waals surface area contributed by atoms with Gasteiger partial charge in [-0.2, -0.15) is 0 Å². The smallest absolute Gasteiger partial charge is 0.257 e. The molecule has 7 heteroatoms. The number of piperidine rings is 1. The van der Waals surface area contributed by atoms with Gasteiger partial charge in [0.15, 0.2) is 0 Å². The quantitative estimate of drug-likeness (QED) is 0.899. The van der Waals surface area contributed by atoms with Crippen LogP contribution in [0.1, 0.15) is 54.4 Å². The highest BCUT2D eigenvalue weighted by Crippen LogP contribution is 2.31. The number of sulfonamides is 1. The third-order valence-corrected chi connectivity index (χ3v) is 7.06.